The summed E-state index contributed by atoms with van der Waals surface area (Å²) in [6, 6.07) is 21.1. The Morgan fingerprint density at radius 3 is 1.94 bits per heavy atom. The highest BCUT2D eigenvalue weighted by atomic mass is 32.2. The van der Waals surface area contributed by atoms with Gasteiger partial charge in [-0.15, -0.1) is 11.8 Å². The Labute approximate surface area is 202 Å². The minimum atomic E-state index is -2.71. The molecule has 2 aromatic carbocycles. The summed E-state index contributed by atoms with van der Waals surface area (Å²) in [5.74, 6) is -0.775. The number of aliphatic hydroxyl groups excluding tert-OH is 1. The van der Waals surface area contributed by atoms with Gasteiger partial charge in [-0.2, -0.15) is 0 Å². The van der Waals surface area contributed by atoms with Gasteiger partial charge < -0.3 is 23.7 Å². The van der Waals surface area contributed by atoms with Crippen LogP contribution >= 0.6 is 11.8 Å². The van der Waals surface area contributed by atoms with E-state index in [1.807, 2.05) is 32.2 Å². The Morgan fingerprint density at radius 2 is 1.45 bits per heavy atom. The zero-order valence-corrected chi connectivity index (χ0v) is 22.2. The fourth-order valence-electron chi connectivity index (χ4n) is 5.15. The molecule has 0 spiro atoms. The molecule has 0 radical (unpaired) electrons. The quantitative estimate of drug-likeness (QED) is 0.628. The average Bonchev–Trinajstić information content (AvgIpc) is 3.12. The molecule has 2 aromatic rings. The molecular weight excluding hydrogens is 452 g/mol. The second-order valence-corrected chi connectivity index (χ2v) is 15.5. The molecule has 2 aliphatic rings. The van der Waals surface area contributed by atoms with Crippen LogP contribution in [-0.2, 0) is 18.6 Å². The minimum Gasteiger partial charge on any atom is -0.405 e. The van der Waals surface area contributed by atoms with Crippen molar-refractivity contribution < 1.29 is 23.7 Å². The largest absolute Gasteiger partial charge is 0.405 e. The molecule has 1 N–H and O–H groups in total. The van der Waals surface area contributed by atoms with Crippen LogP contribution in [0.25, 0.3) is 0 Å². The molecule has 2 fully saturated rings. The van der Waals surface area contributed by atoms with Gasteiger partial charge in [0.1, 0.15) is 29.9 Å². The molecule has 2 aliphatic heterocycles. The van der Waals surface area contributed by atoms with Gasteiger partial charge in [0.2, 0.25) is 0 Å². The minimum absolute atomic E-state index is 0.130. The molecule has 33 heavy (non-hydrogen) atoms. The van der Waals surface area contributed by atoms with Crippen LogP contribution in [0.4, 0.5) is 0 Å². The molecule has 180 valence electrons. The van der Waals surface area contributed by atoms with E-state index in [9.17, 15) is 5.11 Å². The van der Waals surface area contributed by atoms with E-state index in [-0.39, 0.29) is 11.1 Å². The Hall–Kier alpha value is -1.19. The predicted molar refractivity (Wildman–Crippen MR) is 136 cm³/mol. The van der Waals surface area contributed by atoms with Crippen LogP contribution in [0.5, 0.6) is 0 Å². The van der Waals surface area contributed by atoms with Gasteiger partial charge in [0, 0.05) is 0 Å². The van der Waals surface area contributed by atoms with Gasteiger partial charge in [-0.25, -0.2) is 0 Å². The second-order valence-electron chi connectivity index (χ2n) is 10.3. The van der Waals surface area contributed by atoms with Crippen molar-refractivity contribution in [2.24, 2.45) is 0 Å². The van der Waals surface area contributed by atoms with E-state index in [0.717, 1.165) is 0 Å². The first-order chi connectivity index (χ1) is 15.6. The van der Waals surface area contributed by atoms with Gasteiger partial charge in [0.15, 0.2) is 5.79 Å². The summed E-state index contributed by atoms with van der Waals surface area (Å²) >= 11 is 1.49. The van der Waals surface area contributed by atoms with Gasteiger partial charge in [0.25, 0.3) is 8.32 Å². The van der Waals surface area contributed by atoms with Crippen molar-refractivity contribution in [2.45, 2.75) is 75.3 Å². The van der Waals surface area contributed by atoms with E-state index in [2.05, 4.69) is 69.3 Å². The molecular formula is C26H36O5SSi. The third-order valence-electron chi connectivity index (χ3n) is 6.57. The van der Waals surface area contributed by atoms with Crippen LogP contribution in [0, 0.1) is 0 Å². The first-order valence-corrected chi connectivity index (χ1v) is 14.8. The van der Waals surface area contributed by atoms with E-state index >= 15 is 0 Å². The van der Waals surface area contributed by atoms with Gasteiger partial charge in [0.05, 0.1) is 6.61 Å². The Morgan fingerprint density at radius 1 is 0.939 bits per heavy atom. The van der Waals surface area contributed by atoms with Crippen molar-refractivity contribution in [2.75, 3.05) is 12.9 Å². The van der Waals surface area contributed by atoms with Crippen LogP contribution < -0.4 is 10.4 Å². The van der Waals surface area contributed by atoms with Crippen molar-refractivity contribution in [3.05, 3.63) is 60.7 Å². The first kappa shape index (κ1) is 24.9. The third-order valence-corrected chi connectivity index (χ3v) is 12.4. The summed E-state index contributed by atoms with van der Waals surface area (Å²) in [6.07, 6.45) is 0.000566. The lowest BCUT2D eigenvalue weighted by Gasteiger charge is -2.45. The Bertz CT molecular complexity index is 878. The number of benzene rings is 2. The third kappa shape index (κ3) is 4.69. The zero-order chi connectivity index (χ0) is 23.9. The zero-order valence-electron chi connectivity index (χ0n) is 20.4. The molecule has 0 aromatic heterocycles. The molecule has 5 nitrogen and oxygen atoms in total. The number of aliphatic hydroxyl groups is 1. The molecule has 2 heterocycles. The van der Waals surface area contributed by atoms with Crippen LogP contribution in [0.1, 0.15) is 34.6 Å². The van der Waals surface area contributed by atoms with Crippen LogP contribution in [0.3, 0.4) is 0 Å². The summed E-state index contributed by atoms with van der Waals surface area (Å²) < 4.78 is 25.7. The Kier molecular flexibility index (Phi) is 7.14. The maximum Gasteiger partial charge on any atom is 0.261 e. The molecule has 0 aliphatic carbocycles. The molecule has 0 saturated carbocycles. The highest BCUT2D eigenvalue weighted by molar-refractivity contribution is 7.99. The van der Waals surface area contributed by atoms with Crippen LogP contribution in [0.15, 0.2) is 60.7 Å². The van der Waals surface area contributed by atoms with E-state index in [0.29, 0.717) is 6.61 Å². The van der Waals surface area contributed by atoms with E-state index in [4.69, 9.17) is 18.6 Å². The second kappa shape index (κ2) is 9.45. The topological polar surface area (TPSA) is 57.2 Å². The highest BCUT2D eigenvalue weighted by Crippen LogP contribution is 2.41. The van der Waals surface area contributed by atoms with Crippen molar-refractivity contribution in [1.82, 2.24) is 0 Å². The monoisotopic (exact) mass is 488 g/mol. The van der Waals surface area contributed by atoms with Crippen LogP contribution in [0.2, 0.25) is 5.04 Å². The van der Waals surface area contributed by atoms with Crippen molar-refractivity contribution in [1.29, 1.82) is 0 Å². The molecule has 7 heteroatoms. The summed E-state index contributed by atoms with van der Waals surface area (Å²) in [7, 11) is -2.71. The lowest BCUT2D eigenvalue weighted by atomic mass is 10.0. The number of hydrogen-bond acceptors (Lipinski definition) is 6. The van der Waals surface area contributed by atoms with Gasteiger partial charge >= 0.3 is 0 Å². The number of fused-ring (bicyclic) bond motifs is 1. The van der Waals surface area contributed by atoms with E-state index in [1.54, 1.807) is 0 Å². The summed E-state index contributed by atoms with van der Waals surface area (Å²) in [6.45, 7) is 10.9. The summed E-state index contributed by atoms with van der Waals surface area (Å²) in [4.78, 5) is 0. The highest BCUT2D eigenvalue weighted by Gasteiger charge is 2.56. The molecule has 5 unspecified atom stereocenters. The lowest BCUT2D eigenvalue weighted by molar-refractivity contribution is -0.166. The number of ether oxygens (including phenoxy) is 3. The van der Waals surface area contributed by atoms with E-state index < -0.39 is 37.9 Å². The SMILES string of the molecule is CSC1OC(CO[Si](c2ccccc2)(c2ccccc2)C(C)(C)C)C2OC(C)(C)OC2C1O. The van der Waals surface area contributed by atoms with Gasteiger partial charge in [-0.1, -0.05) is 81.4 Å². The molecule has 0 amide bonds. The average molecular weight is 489 g/mol. The number of thioether (sulfide) groups is 1. The van der Waals surface area contributed by atoms with Crippen molar-refractivity contribution >= 4 is 30.5 Å². The molecule has 0 bridgehead atoms. The van der Waals surface area contributed by atoms with E-state index in [1.165, 1.54) is 22.1 Å². The maximum absolute atomic E-state index is 10.8. The summed E-state index contributed by atoms with van der Waals surface area (Å²) in [5, 5.41) is 13.1. The van der Waals surface area contributed by atoms with Gasteiger partial charge in [-0.3, -0.25) is 0 Å². The lowest BCUT2D eigenvalue weighted by Crippen LogP contribution is -2.68. The summed E-state index contributed by atoms with van der Waals surface area (Å²) in [5.41, 5.74) is -0.392. The Balaban J connectivity index is 1.71. The molecule has 2 saturated heterocycles. The fourth-order valence-corrected chi connectivity index (χ4v) is 10.4. The van der Waals surface area contributed by atoms with Gasteiger partial charge in [-0.05, 0) is 35.5 Å². The predicted octanol–water partition coefficient (Wildman–Crippen LogP) is 3.53. The molecule has 4 rings (SSSR count). The number of hydrogen-bond donors (Lipinski definition) is 1. The van der Waals surface area contributed by atoms with Crippen molar-refractivity contribution in [3.8, 4) is 0 Å². The molecule has 5 atom stereocenters. The van der Waals surface area contributed by atoms with Crippen molar-refractivity contribution in [3.63, 3.8) is 0 Å². The smallest absolute Gasteiger partial charge is 0.261 e. The first-order valence-electron chi connectivity index (χ1n) is 11.6. The normalized spacial score (nSPS) is 29.6. The standard InChI is InChI=1S/C26H36O5SSi/c1-25(2,3)33(18-13-9-7-10-14-18,19-15-11-8-12-16-19)28-17-20-22-23(31-26(4,5)30-22)21(27)24(29-20)32-6/h7-16,20-24,27H,17H2,1-6H3. The van der Waals surface area contributed by atoms with Crippen LogP contribution in [-0.4, -0.2) is 61.9 Å². The number of rotatable bonds is 6. The maximum atomic E-state index is 10.8. The fraction of sp³-hybridized carbons (Fsp3) is 0.538.